The third kappa shape index (κ3) is 1.97. The van der Waals surface area contributed by atoms with Crippen molar-refractivity contribution in [3.05, 3.63) is 59.0 Å². The first-order valence-corrected chi connectivity index (χ1v) is 5.91. The van der Waals surface area contributed by atoms with Gasteiger partial charge in [0, 0.05) is 23.2 Å². The minimum atomic E-state index is -0.149. The lowest BCUT2D eigenvalue weighted by Gasteiger charge is -2.09. The van der Waals surface area contributed by atoms with E-state index in [1.807, 2.05) is 30.3 Å². The summed E-state index contributed by atoms with van der Waals surface area (Å²) in [5, 5.41) is 0.914. The lowest BCUT2D eigenvalue weighted by Crippen LogP contribution is -2.04. The summed E-state index contributed by atoms with van der Waals surface area (Å²) >= 11 is 0. The largest absolute Gasteiger partial charge is 0.495 e. The van der Waals surface area contributed by atoms with Crippen LogP contribution in [0.25, 0.3) is 22.2 Å². The third-order valence-corrected chi connectivity index (χ3v) is 3.02. The van der Waals surface area contributed by atoms with E-state index in [2.05, 4.69) is 9.97 Å². The zero-order valence-electron chi connectivity index (χ0n) is 10.4. The molecule has 4 heteroatoms. The Morgan fingerprint density at radius 3 is 2.74 bits per heavy atom. The Kier molecular flexibility index (Phi) is 2.76. The van der Waals surface area contributed by atoms with Crippen molar-refractivity contribution in [1.29, 1.82) is 0 Å². The van der Waals surface area contributed by atoms with Crippen molar-refractivity contribution in [1.82, 2.24) is 9.97 Å². The molecule has 0 saturated carbocycles. The van der Waals surface area contributed by atoms with Crippen LogP contribution < -0.4 is 10.3 Å². The van der Waals surface area contributed by atoms with E-state index >= 15 is 0 Å². The smallest absolute Gasteiger partial charge is 0.248 e. The third-order valence-electron chi connectivity index (χ3n) is 3.02. The van der Waals surface area contributed by atoms with Crippen LogP contribution in [-0.4, -0.2) is 17.1 Å². The Morgan fingerprint density at radius 2 is 2.00 bits per heavy atom. The van der Waals surface area contributed by atoms with Gasteiger partial charge in [0.1, 0.15) is 5.75 Å². The topological polar surface area (TPSA) is 55.0 Å². The zero-order valence-corrected chi connectivity index (χ0v) is 10.4. The molecule has 1 aromatic carbocycles. The normalized spacial score (nSPS) is 10.6. The fourth-order valence-electron chi connectivity index (χ4n) is 2.14. The number of aromatic amines is 1. The van der Waals surface area contributed by atoms with Crippen LogP contribution >= 0.6 is 0 Å². The van der Waals surface area contributed by atoms with Crippen LogP contribution in [0, 0.1) is 0 Å². The van der Waals surface area contributed by atoms with Gasteiger partial charge in [0.05, 0.1) is 18.3 Å². The van der Waals surface area contributed by atoms with Gasteiger partial charge in [-0.2, -0.15) is 0 Å². The van der Waals surface area contributed by atoms with E-state index in [0.29, 0.717) is 11.3 Å². The van der Waals surface area contributed by atoms with Gasteiger partial charge >= 0.3 is 0 Å². The van der Waals surface area contributed by atoms with Crippen molar-refractivity contribution in [2.24, 2.45) is 0 Å². The molecule has 2 aromatic heterocycles. The molecule has 19 heavy (non-hydrogen) atoms. The Hall–Kier alpha value is -2.62. The molecule has 94 valence electrons. The predicted octanol–water partition coefficient (Wildman–Crippen LogP) is 2.60. The average Bonchev–Trinajstić information content (AvgIpc) is 2.47. The second-order valence-electron chi connectivity index (χ2n) is 4.14. The Balaban J connectivity index is 2.36. The first-order valence-electron chi connectivity index (χ1n) is 5.91. The summed E-state index contributed by atoms with van der Waals surface area (Å²) in [4.78, 5) is 18.6. The van der Waals surface area contributed by atoms with E-state index in [0.717, 1.165) is 16.6 Å². The Labute approximate surface area is 109 Å². The quantitative estimate of drug-likeness (QED) is 0.762. The number of fused-ring (bicyclic) bond motifs is 1. The lowest BCUT2D eigenvalue weighted by molar-refractivity contribution is 0.419. The molecule has 0 fully saturated rings. The monoisotopic (exact) mass is 252 g/mol. The van der Waals surface area contributed by atoms with Crippen molar-refractivity contribution >= 4 is 10.9 Å². The molecule has 0 atom stereocenters. The number of benzene rings is 1. The van der Waals surface area contributed by atoms with Crippen molar-refractivity contribution in [2.75, 3.05) is 7.11 Å². The fraction of sp³-hybridized carbons (Fsp3) is 0.0667. The van der Waals surface area contributed by atoms with Crippen LogP contribution in [0.15, 0.2) is 53.5 Å². The highest BCUT2D eigenvalue weighted by Crippen LogP contribution is 2.31. The lowest BCUT2D eigenvalue weighted by atomic mass is 10.0. The molecule has 4 nitrogen and oxygen atoms in total. The minimum absolute atomic E-state index is 0.149. The van der Waals surface area contributed by atoms with Gasteiger partial charge in [-0.3, -0.25) is 9.78 Å². The van der Waals surface area contributed by atoms with Crippen LogP contribution in [0.5, 0.6) is 5.75 Å². The number of hydrogen-bond acceptors (Lipinski definition) is 3. The SMILES string of the molecule is COc1ccc(-c2ccccn2)c2ccc(=O)[nH]c12. The molecule has 3 rings (SSSR count). The van der Waals surface area contributed by atoms with E-state index in [1.54, 1.807) is 19.4 Å². The number of H-pyrrole nitrogens is 1. The molecule has 0 bridgehead atoms. The molecule has 0 aliphatic carbocycles. The summed E-state index contributed by atoms with van der Waals surface area (Å²) in [6, 6.07) is 12.8. The van der Waals surface area contributed by atoms with E-state index < -0.39 is 0 Å². The summed E-state index contributed by atoms with van der Waals surface area (Å²) in [5.74, 6) is 0.646. The highest BCUT2D eigenvalue weighted by atomic mass is 16.5. The van der Waals surface area contributed by atoms with Crippen molar-refractivity contribution in [3.63, 3.8) is 0 Å². The predicted molar refractivity (Wildman–Crippen MR) is 74.4 cm³/mol. The summed E-state index contributed by atoms with van der Waals surface area (Å²) in [6.07, 6.45) is 1.75. The maximum absolute atomic E-state index is 11.5. The second-order valence-corrected chi connectivity index (χ2v) is 4.14. The maximum Gasteiger partial charge on any atom is 0.248 e. The number of ether oxygens (including phenoxy) is 1. The van der Waals surface area contributed by atoms with Gasteiger partial charge in [-0.05, 0) is 30.3 Å². The molecular formula is C15H12N2O2. The Morgan fingerprint density at radius 1 is 1.11 bits per heavy atom. The van der Waals surface area contributed by atoms with E-state index in [-0.39, 0.29) is 5.56 Å². The minimum Gasteiger partial charge on any atom is -0.495 e. The molecule has 0 spiro atoms. The van der Waals surface area contributed by atoms with Gasteiger partial charge in [0.2, 0.25) is 5.56 Å². The second kappa shape index (κ2) is 4.57. The summed E-state index contributed by atoms with van der Waals surface area (Å²) in [5.41, 5.74) is 2.37. The van der Waals surface area contributed by atoms with E-state index in [1.165, 1.54) is 6.07 Å². The van der Waals surface area contributed by atoms with Crippen molar-refractivity contribution < 1.29 is 4.74 Å². The number of nitrogens with one attached hydrogen (secondary N) is 1. The molecule has 0 unspecified atom stereocenters. The van der Waals surface area contributed by atoms with Crippen LogP contribution in [0.2, 0.25) is 0 Å². The van der Waals surface area contributed by atoms with Gasteiger partial charge in [0.15, 0.2) is 0 Å². The highest BCUT2D eigenvalue weighted by Gasteiger charge is 2.09. The zero-order chi connectivity index (χ0) is 13.2. The van der Waals surface area contributed by atoms with Gasteiger partial charge in [-0.15, -0.1) is 0 Å². The van der Waals surface area contributed by atoms with Gasteiger partial charge < -0.3 is 9.72 Å². The van der Waals surface area contributed by atoms with Crippen LogP contribution in [0.3, 0.4) is 0 Å². The van der Waals surface area contributed by atoms with Crippen LogP contribution in [-0.2, 0) is 0 Å². The summed E-state index contributed by atoms with van der Waals surface area (Å²) < 4.78 is 5.28. The van der Waals surface area contributed by atoms with E-state index in [4.69, 9.17) is 4.74 Å². The van der Waals surface area contributed by atoms with Crippen LogP contribution in [0.1, 0.15) is 0 Å². The first kappa shape index (κ1) is 11.5. The number of nitrogens with zero attached hydrogens (tertiary/aromatic N) is 1. The van der Waals surface area contributed by atoms with Crippen molar-refractivity contribution in [3.8, 4) is 17.0 Å². The molecule has 0 aliphatic rings. The molecule has 0 radical (unpaired) electrons. The molecule has 1 N–H and O–H groups in total. The van der Waals surface area contributed by atoms with Crippen LogP contribution in [0.4, 0.5) is 0 Å². The number of pyridine rings is 2. The molecule has 3 aromatic rings. The Bertz CT molecular complexity index is 779. The first-order chi connectivity index (χ1) is 9.29. The number of methoxy groups -OCH3 is 1. The molecule has 2 heterocycles. The summed E-state index contributed by atoms with van der Waals surface area (Å²) in [6.45, 7) is 0. The van der Waals surface area contributed by atoms with Crippen molar-refractivity contribution in [2.45, 2.75) is 0 Å². The van der Waals surface area contributed by atoms with Gasteiger partial charge in [0.25, 0.3) is 0 Å². The molecule has 0 aliphatic heterocycles. The molecule has 0 saturated heterocycles. The standard InChI is InChI=1S/C15H12N2O2/c1-19-13-7-5-10(12-4-2-3-9-16-12)11-6-8-14(18)17-15(11)13/h2-9H,1H3,(H,17,18). The highest BCUT2D eigenvalue weighted by molar-refractivity contribution is 5.96. The van der Waals surface area contributed by atoms with E-state index in [9.17, 15) is 4.79 Å². The number of rotatable bonds is 2. The average molecular weight is 252 g/mol. The maximum atomic E-state index is 11.5. The molecular weight excluding hydrogens is 240 g/mol. The summed E-state index contributed by atoms with van der Waals surface area (Å²) in [7, 11) is 1.58. The molecule has 0 amide bonds. The number of aromatic nitrogens is 2. The fourth-order valence-corrected chi connectivity index (χ4v) is 2.14. The van der Waals surface area contributed by atoms with Gasteiger partial charge in [-0.1, -0.05) is 6.07 Å². The van der Waals surface area contributed by atoms with Gasteiger partial charge in [-0.25, -0.2) is 0 Å². The number of hydrogen-bond donors (Lipinski definition) is 1.